The summed E-state index contributed by atoms with van der Waals surface area (Å²) >= 11 is 5.85. The summed E-state index contributed by atoms with van der Waals surface area (Å²) in [5.74, 6) is -0.378. The number of rotatable bonds is 6. The number of aryl methyl sites for hydroxylation is 1. The summed E-state index contributed by atoms with van der Waals surface area (Å²) in [7, 11) is 0. The number of benzene rings is 2. The zero-order valence-corrected chi connectivity index (χ0v) is 13.5. The van der Waals surface area contributed by atoms with Crippen molar-refractivity contribution in [3.63, 3.8) is 0 Å². The molecule has 1 amide bonds. The van der Waals surface area contributed by atoms with Crippen molar-refractivity contribution in [2.45, 2.75) is 6.92 Å². The van der Waals surface area contributed by atoms with Crippen LogP contribution in [-0.4, -0.2) is 23.7 Å². The third kappa shape index (κ3) is 5.06. The molecule has 7 nitrogen and oxygen atoms in total. The van der Waals surface area contributed by atoms with E-state index in [2.05, 4.69) is 10.5 Å². The summed E-state index contributed by atoms with van der Waals surface area (Å²) in [5, 5.41) is 17.6. The maximum atomic E-state index is 11.8. The smallest absolute Gasteiger partial charge is 0.270 e. The Kier molecular flexibility index (Phi) is 5.86. The fourth-order valence-corrected chi connectivity index (χ4v) is 2.09. The van der Waals surface area contributed by atoms with Gasteiger partial charge in [0.05, 0.1) is 11.1 Å². The number of oxime groups is 1. The van der Waals surface area contributed by atoms with E-state index in [1.54, 1.807) is 24.3 Å². The van der Waals surface area contributed by atoms with Crippen molar-refractivity contribution in [3.8, 4) is 0 Å². The van der Waals surface area contributed by atoms with Crippen LogP contribution in [0.15, 0.2) is 47.6 Å². The quantitative estimate of drug-likeness (QED) is 0.491. The van der Waals surface area contributed by atoms with Crippen LogP contribution in [-0.2, 0) is 9.63 Å². The van der Waals surface area contributed by atoms with Crippen molar-refractivity contribution >= 4 is 35.1 Å². The Morgan fingerprint density at radius 1 is 1.38 bits per heavy atom. The van der Waals surface area contributed by atoms with Crippen molar-refractivity contribution in [2.24, 2.45) is 5.16 Å². The van der Waals surface area contributed by atoms with Gasteiger partial charge < -0.3 is 10.2 Å². The summed E-state index contributed by atoms with van der Waals surface area (Å²) < 4.78 is 0. The van der Waals surface area contributed by atoms with Gasteiger partial charge in [0.2, 0.25) is 0 Å². The average molecular weight is 348 g/mol. The van der Waals surface area contributed by atoms with Crippen molar-refractivity contribution in [1.82, 2.24) is 0 Å². The van der Waals surface area contributed by atoms with Gasteiger partial charge in [-0.05, 0) is 30.7 Å². The van der Waals surface area contributed by atoms with E-state index in [9.17, 15) is 14.9 Å². The molecule has 0 aromatic heterocycles. The molecule has 0 unspecified atom stereocenters. The van der Waals surface area contributed by atoms with Crippen molar-refractivity contribution < 1.29 is 14.6 Å². The monoisotopic (exact) mass is 347 g/mol. The van der Waals surface area contributed by atoms with Crippen molar-refractivity contribution in [2.75, 3.05) is 11.9 Å². The fraction of sp³-hybridized carbons (Fsp3) is 0.125. The van der Waals surface area contributed by atoms with E-state index in [0.29, 0.717) is 16.3 Å². The number of amides is 1. The van der Waals surface area contributed by atoms with Gasteiger partial charge in [0.1, 0.15) is 0 Å². The molecule has 1 N–H and O–H groups in total. The summed E-state index contributed by atoms with van der Waals surface area (Å²) in [6.45, 7) is 1.54. The Bertz CT molecular complexity index is 793. The topological polar surface area (TPSA) is 93.8 Å². The highest BCUT2D eigenvalue weighted by Crippen LogP contribution is 2.19. The van der Waals surface area contributed by atoms with Crippen LogP contribution >= 0.6 is 11.6 Å². The first-order valence-electron chi connectivity index (χ1n) is 6.91. The van der Waals surface area contributed by atoms with Gasteiger partial charge in [-0.3, -0.25) is 14.9 Å². The van der Waals surface area contributed by atoms with Crippen LogP contribution in [0.4, 0.5) is 11.4 Å². The number of carbonyl (C=O) groups is 1. The van der Waals surface area contributed by atoms with E-state index < -0.39 is 4.92 Å². The van der Waals surface area contributed by atoms with Crippen LogP contribution in [0.5, 0.6) is 0 Å². The molecule has 0 atom stereocenters. The molecular weight excluding hydrogens is 334 g/mol. The molecule has 2 aromatic rings. The lowest BCUT2D eigenvalue weighted by molar-refractivity contribution is -0.384. The summed E-state index contributed by atoms with van der Waals surface area (Å²) in [5.41, 5.74) is 1.92. The third-order valence-electron chi connectivity index (χ3n) is 3.02. The summed E-state index contributed by atoms with van der Waals surface area (Å²) in [6.07, 6.45) is 1.30. The third-order valence-corrected chi connectivity index (χ3v) is 3.25. The molecule has 0 heterocycles. The van der Waals surface area contributed by atoms with Crippen molar-refractivity contribution in [3.05, 3.63) is 68.7 Å². The van der Waals surface area contributed by atoms with Gasteiger partial charge >= 0.3 is 0 Å². The molecule has 0 spiro atoms. The molecule has 0 fully saturated rings. The fourth-order valence-electron chi connectivity index (χ4n) is 1.87. The lowest BCUT2D eigenvalue weighted by atomic mass is 10.2. The first kappa shape index (κ1) is 17.4. The maximum absolute atomic E-state index is 11.8. The Hall–Kier alpha value is -2.93. The molecule has 2 rings (SSSR count). The standard InChI is InChI=1S/C16H14ClN3O4/c1-11-7-13(17)5-6-15(11)19-16(21)10-24-18-9-12-3-2-4-14(8-12)20(22)23/h2-9H,10H2,1H3,(H,19,21)/b18-9-. The zero-order chi connectivity index (χ0) is 17.5. The van der Waals surface area contributed by atoms with Gasteiger partial charge in [-0.1, -0.05) is 28.9 Å². The van der Waals surface area contributed by atoms with Gasteiger partial charge in [0.25, 0.3) is 11.6 Å². The van der Waals surface area contributed by atoms with E-state index in [0.717, 1.165) is 5.56 Å². The normalized spacial score (nSPS) is 10.6. The number of hydrogen-bond donors (Lipinski definition) is 1. The van der Waals surface area contributed by atoms with Gasteiger partial charge in [0.15, 0.2) is 6.61 Å². The number of carbonyl (C=O) groups excluding carboxylic acids is 1. The molecule has 0 radical (unpaired) electrons. The lowest BCUT2D eigenvalue weighted by Gasteiger charge is -2.07. The van der Waals surface area contributed by atoms with Crippen molar-refractivity contribution in [1.29, 1.82) is 0 Å². The van der Waals surface area contributed by atoms with Gasteiger partial charge in [-0.2, -0.15) is 0 Å². The molecule has 0 aliphatic carbocycles. The number of nitro benzene ring substituents is 1. The van der Waals surface area contributed by atoms with Gasteiger partial charge in [-0.25, -0.2) is 0 Å². The van der Waals surface area contributed by atoms with Crippen LogP contribution in [0.1, 0.15) is 11.1 Å². The lowest BCUT2D eigenvalue weighted by Crippen LogP contribution is -2.17. The highest BCUT2D eigenvalue weighted by atomic mass is 35.5. The second kappa shape index (κ2) is 8.07. The summed E-state index contributed by atoms with van der Waals surface area (Å²) in [4.78, 5) is 26.8. The second-order valence-electron chi connectivity index (χ2n) is 4.87. The molecule has 0 saturated heterocycles. The Morgan fingerprint density at radius 2 is 2.17 bits per heavy atom. The predicted molar refractivity (Wildman–Crippen MR) is 91.5 cm³/mol. The zero-order valence-electron chi connectivity index (χ0n) is 12.7. The van der Waals surface area contributed by atoms with Crippen LogP contribution in [0, 0.1) is 17.0 Å². The van der Waals surface area contributed by atoms with E-state index >= 15 is 0 Å². The predicted octanol–water partition coefficient (Wildman–Crippen LogP) is 3.55. The largest absolute Gasteiger partial charge is 0.386 e. The van der Waals surface area contributed by atoms with Crippen LogP contribution in [0.2, 0.25) is 5.02 Å². The minimum Gasteiger partial charge on any atom is -0.386 e. The number of anilines is 1. The van der Waals surface area contributed by atoms with Crippen LogP contribution in [0.3, 0.4) is 0 Å². The molecule has 0 aliphatic heterocycles. The minimum atomic E-state index is -0.500. The maximum Gasteiger partial charge on any atom is 0.270 e. The van der Waals surface area contributed by atoms with E-state index in [1.807, 2.05) is 6.92 Å². The molecule has 0 bridgehead atoms. The number of hydrogen-bond acceptors (Lipinski definition) is 5. The summed E-state index contributed by atoms with van der Waals surface area (Å²) in [6, 6.07) is 11.0. The average Bonchev–Trinajstić information content (AvgIpc) is 2.54. The Morgan fingerprint density at radius 3 is 2.88 bits per heavy atom. The van der Waals surface area contributed by atoms with Gasteiger partial charge in [-0.15, -0.1) is 0 Å². The first-order valence-corrected chi connectivity index (χ1v) is 7.29. The number of nitrogens with one attached hydrogen (secondary N) is 1. The van der Waals surface area contributed by atoms with E-state index in [1.165, 1.54) is 24.4 Å². The SMILES string of the molecule is Cc1cc(Cl)ccc1NC(=O)CO/N=C\c1cccc([N+](=O)[O-])c1. The number of nitro groups is 1. The molecule has 0 saturated carbocycles. The highest BCUT2D eigenvalue weighted by molar-refractivity contribution is 6.30. The molecule has 2 aromatic carbocycles. The van der Waals surface area contributed by atoms with Crippen LogP contribution < -0.4 is 5.32 Å². The first-order chi connectivity index (χ1) is 11.5. The van der Waals surface area contributed by atoms with E-state index in [4.69, 9.17) is 16.4 Å². The van der Waals surface area contributed by atoms with Gasteiger partial charge in [0, 0.05) is 28.4 Å². The Balaban J connectivity index is 1.86. The van der Waals surface area contributed by atoms with Crippen LogP contribution in [0.25, 0.3) is 0 Å². The molecule has 24 heavy (non-hydrogen) atoms. The number of nitrogens with zero attached hydrogens (tertiary/aromatic N) is 2. The highest BCUT2D eigenvalue weighted by Gasteiger charge is 2.06. The number of non-ortho nitro benzene ring substituents is 1. The minimum absolute atomic E-state index is 0.0464. The molecule has 124 valence electrons. The molecule has 8 heteroatoms. The second-order valence-corrected chi connectivity index (χ2v) is 5.30. The number of halogens is 1. The molecule has 0 aliphatic rings. The molecular formula is C16H14ClN3O4. The van der Waals surface area contributed by atoms with E-state index in [-0.39, 0.29) is 18.2 Å². The Labute approximate surface area is 143 Å².